The zero-order chi connectivity index (χ0) is 28.1. The Balaban J connectivity index is 1.32. The molecule has 40 heavy (non-hydrogen) atoms. The first-order chi connectivity index (χ1) is 19.5. The van der Waals surface area contributed by atoms with Gasteiger partial charge in [0.1, 0.15) is 0 Å². The van der Waals surface area contributed by atoms with Crippen molar-refractivity contribution in [3.8, 4) is 6.19 Å². The molecule has 0 atom stereocenters. The highest BCUT2D eigenvalue weighted by atomic mass is 79.9. The molecule has 1 aromatic carbocycles. The minimum atomic E-state index is -0.237. The summed E-state index contributed by atoms with van der Waals surface area (Å²) in [6, 6.07) is 8.39. The largest absolute Gasteiger partial charge is 0.450 e. The number of nitrogens with zero attached hydrogens (tertiary/aromatic N) is 5. The maximum absolute atomic E-state index is 12.0. The topological polar surface area (TPSA) is 93.8 Å². The van der Waals surface area contributed by atoms with Crippen LogP contribution in [0.25, 0.3) is 5.57 Å². The summed E-state index contributed by atoms with van der Waals surface area (Å²) >= 11 is 9.99. The lowest BCUT2D eigenvalue weighted by Gasteiger charge is -2.33. The Morgan fingerprint density at radius 3 is 2.62 bits per heavy atom. The summed E-state index contributed by atoms with van der Waals surface area (Å²) in [6.45, 7) is 5.74. The summed E-state index contributed by atoms with van der Waals surface area (Å²) < 4.78 is 6.12. The predicted molar refractivity (Wildman–Crippen MR) is 160 cm³/mol. The molecule has 1 amide bonds. The molecule has 8 nitrogen and oxygen atoms in total. The number of pyridine rings is 1. The number of aromatic nitrogens is 1. The number of benzene rings is 1. The number of carbonyl (C=O) groups is 1. The molecular formula is C30H34BrClN6O2. The van der Waals surface area contributed by atoms with Crippen LogP contribution in [0.2, 0.25) is 5.02 Å². The van der Waals surface area contributed by atoms with Crippen LogP contribution < -0.4 is 5.32 Å². The van der Waals surface area contributed by atoms with E-state index >= 15 is 0 Å². The van der Waals surface area contributed by atoms with Gasteiger partial charge in [0.15, 0.2) is 6.19 Å². The van der Waals surface area contributed by atoms with E-state index in [2.05, 4.69) is 50.5 Å². The second-order valence-corrected chi connectivity index (χ2v) is 11.8. The van der Waals surface area contributed by atoms with Crippen molar-refractivity contribution in [3.63, 3.8) is 0 Å². The Hall–Kier alpha value is -3.09. The van der Waals surface area contributed by atoms with Crippen LogP contribution in [0.15, 0.2) is 45.5 Å². The summed E-state index contributed by atoms with van der Waals surface area (Å²) in [4.78, 5) is 25.7. The monoisotopic (exact) mass is 624 g/mol. The smallest absolute Gasteiger partial charge is 0.409 e. The summed E-state index contributed by atoms with van der Waals surface area (Å²) in [6.07, 6.45) is 9.04. The number of fused-ring (bicyclic) bond motifs is 2. The van der Waals surface area contributed by atoms with Gasteiger partial charge in [0.2, 0.25) is 5.96 Å². The number of ether oxygens (including phenoxy) is 1. The Labute approximate surface area is 249 Å². The van der Waals surface area contributed by atoms with Gasteiger partial charge in [-0.25, -0.2) is 4.79 Å². The highest BCUT2D eigenvalue weighted by Crippen LogP contribution is 2.39. The number of halogens is 2. The van der Waals surface area contributed by atoms with Gasteiger partial charge in [-0.05, 0) is 102 Å². The number of hydrogen-bond donors (Lipinski definition) is 1. The number of guanidine groups is 1. The molecule has 5 rings (SSSR count). The molecule has 0 radical (unpaired) electrons. The summed E-state index contributed by atoms with van der Waals surface area (Å²) in [7, 11) is 0. The SMILES string of the molecule is CCOC(=O)N1CCC(CN=C(NC#N)N2CCC(=C3c4ccc(Cl)cc4CCc4cc(Br)cnc43)CC2)CC1. The van der Waals surface area contributed by atoms with E-state index in [0.29, 0.717) is 38.1 Å². The van der Waals surface area contributed by atoms with Crippen LogP contribution in [0.5, 0.6) is 0 Å². The van der Waals surface area contributed by atoms with Crippen molar-refractivity contribution in [1.82, 2.24) is 20.1 Å². The Bertz CT molecular complexity index is 1300. The maximum atomic E-state index is 12.0. The Morgan fingerprint density at radius 2 is 1.90 bits per heavy atom. The predicted octanol–water partition coefficient (Wildman–Crippen LogP) is 5.79. The quantitative estimate of drug-likeness (QED) is 0.201. The van der Waals surface area contributed by atoms with Gasteiger partial charge in [0.25, 0.3) is 0 Å². The second-order valence-electron chi connectivity index (χ2n) is 10.5. The van der Waals surface area contributed by atoms with E-state index in [0.717, 1.165) is 66.8 Å². The number of nitriles is 1. The molecule has 10 heteroatoms. The fourth-order valence-electron chi connectivity index (χ4n) is 5.90. The normalized spacial score (nSPS) is 18.0. The fraction of sp³-hybridized carbons (Fsp3) is 0.467. The van der Waals surface area contributed by atoms with Gasteiger partial charge < -0.3 is 14.5 Å². The van der Waals surface area contributed by atoms with E-state index in [-0.39, 0.29) is 6.09 Å². The molecule has 3 heterocycles. The fourth-order valence-corrected chi connectivity index (χ4v) is 6.47. The van der Waals surface area contributed by atoms with E-state index in [1.165, 1.54) is 27.8 Å². The number of aryl methyl sites for hydroxylation is 2. The molecule has 0 spiro atoms. The average molecular weight is 626 g/mol. The third kappa shape index (κ3) is 6.45. The van der Waals surface area contributed by atoms with Crippen molar-refractivity contribution in [2.75, 3.05) is 39.3 Å². The molecule has 2 fully saturated rings. The number of carbonyl (C=O) groups excluding carboxylic acids is 1. The first-order valence-electron chi connectivity index (χ1n) is 14.0. The van der Waals surface area contributed by atoms with E-state index in [4.69, 9.17) is 26.3 Å². The summed E-state index contributed by atoms with van der Waals surface area (Å²) in [5, 5.41) is 13.0. The standard InChI is InChI=1S/C30H34BrClN6O2/c1-2-40-30(39)38-11-7-20(8-12-38)17-35-29(36-19-33)37-13-9-21(10-14-37)27-26-6-5-25(32)16-22(26)3-4-23-15-24(31)18-34-28(23)27/h5-6,15-16,18,20H,2-4,7-14,17H2,1H3,(H,35,36). The molecular weight excluding hydrogens is 592 g/mol. The van der Waals surface area contributed by atoms with Crippen LogP contribution >= 0.6 is 27.5 Å². The molecule has 2 aliphatic heterocycles. The Kier molecular flexibility index (Phi) is 9.28. The minimum absolute atomic E-state index is 0.237. The number of aliphatic imine (C=N–C) groups is 1. The first-order valence-corrected chi connectivity index (χ1v) is 15.2. The van der Waals surface area contributed by atoms with Gasteiger partial charge >= 0.3 is 6.09 Å². The van der Waals surface area contributed by atoms with Crippen LogP contribution in [-0.4, -0.2) is 66.2 Å². The molecule has 0 bridgehead atoms. The van der Waals surface area contributed by atoms with E-state index in [9.17, 15) is 10.1 Å². The molecule has 1 aliphatic carbocycles. The van der Waals surface area contributed by atoms with Gasteiger partial charge in [0.05, 0.1) is 12.3 Å². The van der Waals surface area contributed by atoms with Crippen molar-refractivity contribution < 1.29 is 9.53 Å². The lowest BCUT2D eigenvalue weighted by molar-refractivity contribution is 0.0925. The molecule has 1 aromatic heterocycles. The lowest BCUT2D eigenvalue weighted by Crippen LogP contribution is -2.44. The van der Waals surface area contributed by atoms with Crippen molar-refractivity contribution in [2.45, 2.75) is 45.4 Å². The summed E-state index contributed by atoms with van der Waals surface area (Å²) in [5.74, 6) is 1.01. The molecule has 2 saturated heterocycles. The molecule has 0 saturated carbocycles. The number of hydrogen-bond acceptors (Lipinski definition) is 5. The van der Waals surface area contributed by atoms with Crippen molar-refractivity contribution in [3.05, 3.63) is 67.9 Å². The third-order valence-corrected chi connectivity index (χ3v) is 8.67. The first kappa shape index (κ1) is 28.4. The van der Waals surface area contributed by atoms with Crippen molar-refractivity contribution in [2.24, 2.45) is 10.9 Å². The van der Waals surface area contributed by atoms with Crippen LogP contribution in [-0.2, 0) is 17.6 Å². The van der Waals surface area contributed by atoms with Crippen LogP contribution in [0.1, 0.15) is 55.0 Å². The third-order valence-electron chi connectivity index (χ3n) is 8.00. The van der Waals surface area contributed by atoms with Crippen LogP contribution in [0.4, 0.5) is 4.79 Å². The lowest BCUT2D eigenvalue weighted by atomic mass is 9.88. The molecule has 210 valence electrons. The molecule has 0 unspecified atom stereocenters. The maximum Gasteiger partial charge on any atom is 0.409 e. The van der Waals surface area contributed by atoms with E-state index in [1.54, 1.807) is 4.90 Å². The highest BCUT2D eigenvalue weighted by molar-refractivity contribution is 9.10. The second kappa shape index (κ2) is 13.0. The van der Waals surface area contributed by atoms with Crippen LogP contribution in [0, 0.1) is 17.4 Å². The summed E-state index contributed by atoms with van der Waals surface area (Å²) in [5.41, 5.74) is 7.39. The number of likely N-dealkylation sites (tertiary alicyclic amines) is 2. The van der Waals surface area contributed by atoms with Crippen molar-refractivity contribution in [1.29, 1.82) is 5.26 Å². The zero-order valence-electron chi connectivity index (χ0n) is 22.8. The van der Waals surface area contributed by atoms with Gasteiger partial charge in [-0.15, -0.1) is 0 Å². The van der Waals surface area contributed by atoms with Gasteiger partial charge in [0, 0.05) is 54.0 Å². The average Bonchev–Trinajstić information content (AvgIpc) is 3.12. The number of rotatable bonds is 3. The highest BCUT2D eigenvalue weighted by Gasteiger charge is 2.27. The van der Waals surface area contributed by atoms with Gasteiger partial charge in [-0.3, -0.25) is 15.3 Å². The van der Waals surface area contributed by atoms with Gasteiger partial charge in [-0.1, -0.05) is 23.2 Å². The van der Waals surface area contributed by atoms with Crippen LogP contribution in [0.3, 0.4) is 0 Å². The van der Waals surface area contributed by atoms with Gasteiger partial charge in [-0.2, -0.15) is 5.26 Å². The molecule has 1 N–H and O–H groups in total. The minimum Gasteiger partial charge on any atom is -0.450 e. The molecule has 2 aromatic rings. The molecule has 3 aliphatic rings. The van der Waals surface area contributed by atoms with Crippen molar-refractivity contribution >= 4 is 45.2 Å². The number of amides is 1. The zero-order valence-corrected chi connectivity index (χ0v) is 25.1. The van der Waals surface area contributed by atoms with E-state index in [1.807, 2.05) is 19.2 Å². The number of nitrogens with one attached hydrogen (secondary N) is 1. The van der Waals surface area contributed by atoms with E-state index < -0.39 is 0 Å². The Morgan fingerprint density at radius 1 is 1.15 bits per heavy atom. The number of piperidine rings is 2.